The molecule has 1 heterocycles. The van der Waals surface area contributed by atoms with E-state index in [1.807, 2.05) is 18.2 Å². The molecule has 4 N–H and O–H groups in total. The Bertz CT molecular complexity index is 653. The molecular weight excluding hydrogens is 330 g/mol. The molecule has 0 unspecified atom stereocenters. The van der Waals surface area contributed by atoms with E-state index in [4.69, 9.17) is 5.73 Å². The minimum atomic E-state index is -0.596. The van der Waals surface area contributed by atoms with E-state index >= 15 is 0 Å². The summed E-state index contributed by atoms with van der Waals surface area (Å²) in [4.78, 5) is 4.46. The maximum atomic E-state index is 10.6. The maximum Gasteiger partial charge on any atom is 0.0954 e. The molecule has 0 bridgehead atoms. The number of hydrogen-bond acceptors (Lipinski definition) is 4. The lowest BCUT2D eigenvalue weighted by Crippen LogP contribution is -2.38. The minimum Gasteiger partial charge on any atom is -0.398 e. The molecule has 4 nitrogen and oxygen atoms in total. The number of fused-ring (bicyclic) bond motifs is 1. The second kappa shape index (κ2) is 5.81. The summed E-state index contributed by atoms with van der Waals surface area (Å²) in [5.41, 5.74) is 7.90. The van der Waals surface area contributed by atoms with Crippen molar-refractivity contribution in [2.24, 2.45) is 0 Å². The van der Waals surface area contributed by atoms with Crippen LogP contribution in [0.4, 0.5) is 11.4 Å². The molecule has 0 aliphatic heterocycles. The van der Waals surface area contributed by atoms with Gasteiger partial charge in [0.2, 0.25) is 0 Å². The van der Waals surface area contributed by atoms with Crippen molar-refractivity contribution in [3.63, 3.8) is 0 Å². The lowest BCUT2D eigenvalue weighted by molar-refractivity contribution is 0.0167. The lowest BCUT2D eigenvalue weighted by atomic mass is 9.85. The monoisotopic (exact) mass is 349 g/mol. The van der Waals surface area contributed by atoms with E-state index in [-0.39, 0.29) is 0 Å². The van der Waals surface area contributed by atoms with Gasteiger partial charge in [0.15, 0.2) is 0 Å². The smallest absolute Gasteiger partial charge is 0.0954 e. The van der Waals surface area contributed by atoms with Crippen LogP contribution >= 0.6 is 15.9 Å². The second-order valence-electron chi connectivity index (χ2n) is 5.89. The number of nitrogens with zero attached hydrogens (tertiary/aromatic N) is 1. The Morgan fingerprint density at radius 3 is 2.81 bits per heavy atom. The summed E-state index contributed by atoms with van der Waals surface area (Å²) >= 11 is 3.42. The third-order valence-corrected chi connectivity index (χ3v) is 4.68. The van der Waals surface area contributed by atoms with Gasteiger partial charge in [-0.05, 0) is 47.0 Å². The van der Waals surface area contributed by atoms with Crippen LogP contribution in [0.5, 0.6) is 0 Å². The Labute approximate surface area is 132 Å². The fourth-order valence-corrected chi connectivity index (χ4v) is 3.34. The molecule has 0 saturated heterocycles. The van der Waals surface area contributed by atoms with Gasteiger partial charge in [0, 0.05) is 28.3 Å². The first-order chi connectivity index (χ1) is 10.1. The van der Waals surface area contributed by atoms with Crippen LogP contribution in [0.3, 0.4) is 0 Å². The molecule has 5 heteroatoms. The van der Waals surface area contributed by atoms with Crippen molar-refractivity contribution in [2.45, 2.75) is 37.7 Å². The van der Waals surface area contributed by atoms with E-state index in [1.165, 1.54) is 6.42 Å². The van der Waals surface area contributed by atoms with E-state index in [0.29, 0.717) is 12.2 Å². The summed E-state index contributed by atoms with van der Waals surface area (Å²) in [5.74, 6) is 0. The number of nitrogens with one attached hydrogen (secondary N) is 1. The number of anilines is 2. The molecule has 112 valence electrons. The Hall–Kier alpha value is -1.33. The molecule has 0 atom stereocenters. The van der Waals surface area contributed by atoms with Gasteiger partial charge in [0.1, 0.15) is 0 Å². The van der Waals surface area contributed by atoms with Crippen LogP contribution in [0.1, 0.15) is 32.1 Å². The van der Waals surface area contributed by atoms with Crippen LogP contribution in [0.2, 0.25) is 0 Å². The van der Waals surface area contributed by atoms with Crippen molar-refractivity contribution in [3.8, 4) is 0 Å². The predicted octanol–water partition coefficient (Wildman–Crippen LogP) is 3.69. The van der Waals surface area contributed by atoms with Crippen molar-refractivity contribution < 1.29 is 5.11 Å². The first kappa shape index (κ1) is 14.6. The molecule has 0 spiro atoms. The molecule has 0 radical (unpaired) electrons. The summed E-state index contributed by atoms with van der Waals surface area (Å²) in [6.07, 6.45) is 6.93. The van der Waals surface area contributed by atoms with E-state index in [2.05, 4.69) is 26.2 Å². The molecule has 1 aromatic carbocycles. The summed E-state index contributed by atoms with van der Waals surface area (Å²) in [7, 11) is 0. The normalized spacial score (nSPS) is 17.8. The second-order valence-corrected chi connectivity index (χ2v) is 6.81. The van der Waals surface area contributed by atoms with E-state index in [1.54, 1.807) is 6.20 Å². The third-order valence-electron chi connectivity index (χ3n) is 4.24. The fourth-order valence-electron chi connectivity index (χ4n) is 3.00. The lowest BCUT2D eigenvalue weighted by Gasteiger charge is -2.32. The van der Waals surface area contributed by atoms with Gasteiger partial charge in [-0.1, -0.05) is 19.3 Å². The number of aromatic nitrogens is 1. The van der Waals surface area contributed by atoms with Gasteiger partial charge < -0.3 is 16.2 Å². The summed E-state index contributed by atoms with van der Waals surface area (Å²) in [5, 5.41) is 14.9. The van der Waals surface area contributed by atoms with Crippen molar-refractivity contribution in [3.05, 3.63) is 28.9 Å². The first-order valence-corrected chi connectivity index (χ1v) is 8.17. The highest BCUT2D eigenvalue weighted by Gasteiger charge is 2.28. The van der Waals surface area contributed by atoms with Gasteiger partial charge in [-0.3, -0.25) is 4.98 Å². The highest BCUT2D eigenvalue weighted by atomic mass is 79.9. The SMILES string of the molecule is Nc1ccc(NCC2(O)CCCCC2)c2ncc(Br)cc12. The molecular formula is C16H20BrN3O. The highest BCUT2D eigenvalue weighted by Crippen LogP contribution is 2.31. The van der Waals surface area contributed by atoms with Crippen molar-refractivity contribution in [2.75, 3.05) is 17.6 Å². The molecule has 1 aromatic heterocycles. The molecule has 3 rings (SSSR count). The average molecular weight is 350 g/mol. The standard InChI is InChI=1S/C16H20BrN3O/c17-11-8-12-13(18)4-5-14(15(12)19-9-11)20-10-16(21)6-2-1-3-7-16/h4-5,8-9,20-21H,1-3,6-7,10,18H2. The number of nitrogens with two attached hydrogens (primary N) is 1. The van der Waals surface area contributed by atoms with Gasteiger partial charge in [0.25, 0.3) is 0 Å². The zero-order chi connectivity index (χ0) is 14.9. The Morgan fingerprint density at radius 2 is 2.05 bits per heavy atom. The quantitative estimate of drug-likeness (QED) is 0.739. The maximum absolute atomic E-state index is 10.6. The van der Waals surface area contributed by atoms with E-state index < -0.39 is 5.60 Å². The van der Waals surface area contributed by atoms with Gasteiger partial charge in [-0.15, -0.1) is 0 Å². The van der Waals surface area contributed by atoms with Crippen LogP contribution in [0, 0.1) is 0 Å². The van der Waals surface area contributed by atoms with Crippen LogP contribution < -0.4 is 11.1 Å². The number of hydrogen-bond donors (Lipinski definition) is 3. The first-order valence-electron chi connectivity index (χ1n) is 7.37. The van der Waals surface area contributed by atoms with Gasteiger partial charge in [-0.2, -0.15) is 0 Å². The number of nitrogen functional groups attached to an aromatic ring is 1. The van der Waals surface area contributed by atoms with Crippen LogP contribution in [-0.4, -0.2) is 22.2 Å². The van der Waals surface area contributed by atoms with Crippen LogP contribution in [-0.2, 0) is 0 Å². The number of rotatable bonds is 3. The molecule has 1 saturated carbocycles. The third kappa shape index (κ3) is 3.14. The predicted molar refractivity (Wildman–Crippen MR) is 90.4 cm³/mol. The van der Waals surface area contributed by atoms with Crippen molar-refractivity contribution in [1.82, 2.24) is 4.98 Å². The molecule has 0 amide bonds. The number of halogens is 1. The zero-order valence-corrected chi connectivity index (χ0v) is 13.5. The fraction of sp³-hybridized carbons (Fsp3) is 0.438. The Morgan fingerprint density at radius 1 is 1.29 bits per heavy atom. The molecule has 2 aromatic rings. The minimum absolute atomic E-state index is 0.559. The van der Waals surface area contributed by atoms with E-state index in [0.717, 1.165) is 46.7 Å². The number of benzene rings is 1. The molecule has 1 aliphatic carbocycles. The Kier molecular flexibility index (Phi) is 4.04. The van der Waals surface area contributed by atoms with Gasteiger partial charge >= 0.3 is 0 Å². The number of pyridine rings is 1. The molecule has 21 heavy (non-hydrogen) atoms. The van der Waals surface area contributed by atoms with Gasteiger partial charge in [0.05, 0.1) is 16.8 Å². The highest BCUT2D eigenvalue weighted by molar-refractivity contribution is 9.10. The largest absolute Gasteiger partial charge is 0.398 e. The van der Waals surface area contributed by atoms with Crippen LogP contribution in [0.25, 0.3) is 10.9 Å². The van der Waals surface area contributed by atoms with Gasteiger partial charge in [-0.25, -0.2) is 0 Å². The van der Waals surface area contributed by atoms with Crippen molar-refractivity contribution in [1.29, 1.82) is 0 Å². The molecule has 1 fully saturated rings. The summed E-state index contributed by atoms with van der Waals surface area (Å²) in [6.45, 7) is 0.559. The Balaban J connectivity index is 1.85. The van der Waals surface area contributed by atoms with E-state index in [9.17, 15) is 5.11 Å². The zero-order valence-electron chi connectivity index (χ0n) is 11.9. The molecule has 1 aliphatic rings. The summed E-state index contributed by atoms with van der Waals surface area (Å²) in [6, 6.07) is 5.78. The van der Waals surface area contributed by atoms with Crippen molar-refractivity contribution >= 4 is 38.2 Å². The summed E-state index contributed by atoms with van der Waals surface area (Å²) < 4.78 is 0.907. The number of aliphatic hydroxyl groups is 1. The average Bonchev–Trinajstić information content (AvgIpc) is 2.48. The van der Waals surface area contributed by atoms with Crippen LogP contribution in [0.15, 0.2) is 28.9 Å². The topological polar surface area (TPSA) is 71.2 Å².